The molecule has 1 aliphatic carbocycles. The van der Waals surface area contributed by atoms with Crippen LogP contribution < -0.4 is 0 Å². The number of hydrogen-bond donors (Lipinski definition) is 0. The number of fused-ring (bicyclic) bond motifs is 1. The summed E-state index contributed by atoms with van der Waals surface area (Å²) in [6.07, 6.45) is 9.23. The first kappa shape index (κ1) is 14.3. The summed E-state index contributed by atoms with van der Waals surface area (Å²) >= 11 is 0. The lowest BCUT2D eigenvalue weighted by Crippen LogP contribution is -2.10. The highest BCUT2D eigenvalue weighted by atomic mass is 16.1. The molecule has 0 saturated heterocycles. The van der Waals surface area contributed by atoms with Gasteiger partial charge in [0.15, 0.2) is 0 Å². The van der Waals surface area contributed by atoms with Crippen molar-refractivity contribution in [3.8, 4) is 0 Å². The highest BCUT2D eigenvalue weighted by Gasteiger charge is 2.16. The molecule has 0 aromatic heterocycles. The van der Waals surface area contributed by atoms with Gasteiger partial charge in [0, 0.05) is 12.8 Å². The zero-order valence-corrected chi connectivity index (χ0v) is 12.7. The second-order valence-corrected chi connectivity index (χ2v) is 6.46. The van der Waals surface area contributed by atoms with Gasteiger partial charge in [-0.15, -0.1) is 0 Å². The van der Waals surface area contributed by atoms with E-state index in [0.29, 0.717) is 18.1 Å². The Morgan fingerprint density at radius 1 is 0.905 bits per heavy atom. The molecular formula is C20H24O. The van der Waals surface area contributed by atoms with Crippen molar-refractivity contribution < 1.29 is 4.79 Å². The summed E-state index contributed by atoms with van der Waals surface area (Å²) in [5.74, 6) is 1.05. The molecule has 110 valence electrons. The third kappa shape index (κ3) is 3.93. The largest absolute Gasteiger partial charge is 0.299 e. The van der Waals surface area contributed by atoms with E-state index in [1.54, 1.807) is 0 Å². The minimum atomic E-state index is 0.414. The second-order valence-electron chi connectivity index (χ2n) is 6.46. The van der Waals surface area contributed by atoms with Crippen LogP contribution in [-0.4, -0.2) is 5.78 Å². The minimum absolute atomic E-state index is 0.414. The fraction of sp³-hybridized carbons (Fsp3) is 0.450. The Kier molecular flexibility index (Phi) is 4.69. The smallest absolute Gasteiger partial charge is 0.137 e. The van der Waals surface area contributed by atoms with Crippen LogP contribution in [0.4, 0.5) is 0 Å². The summed E-state index contributed by atoms with van der Waals surface area (Å²) in [6.45, 7) is 0. The van der Waals surface area contributed by atoms with Gasteiger partial charge in [-0.3, -0.25) is 4.79 Å². The summed E-state index contributed by atoms with van der Waals surface area (Å²) in [4.78, 5) is 12.3. The van der Waals surface area contributed by atoms with Gasteiger partial charge < -0.3 is 0 Å². The van der Waals surface area contributed by atoms with Crippen LogP contribution in [0.3, 0.4) is 0 Å². The van der Waals surface area contributed by atoms with Crippen LogP contribution >= 0.6 is 0 Å². The zero-order chi connectivity index (χ0) is 14.5. The van der Waals surface area contributed by atoms with E-state index in [1.165, 1.54) is 49.3 Å². The van der Waals surface area contributed by atoms with Crippen LogP contribution in [0.2, 0.25) is 0 Å². The van der Waals surface area contributed by atoms with Crippen molar-refractivity contribution in [2.24, 2.45) is 5.92 Å². The first-order valence-corrected chi connectivity index (χ1v) is 8.30. The predicted octanol–water partition coefficient (Wildman–Crippen LogP) is 5.31. The first-order chi connectivity index (χ1) is 10.3. The lowest BCUT2D eigenvalue weighted by Gasteiger charge is -2.12. The number of carbonyl (C=O) groups is 1. The van der Waals surface area contributed by atoms with Crippen LogP contribution in [0.15, 0.2) is 42.5 Å². The fourth-order valence-electron chi connectivity index (χ4n) is 3.54. The molecule has 0 N–H and O–H groups in total. The molecule has 1 aliphatic rings. The molecule has 0 bridgehead atoms. The Hall–Kier alpha value is -1.63. The van der Waals surface area contributed by atoms with Gasteiger partial charge in [0.05, 0.1) is 0 Å². The Labute approximate surface area is 127 Å². The summed E-state index contributed by atoms with van der Waals surface area (Å²) in [5.41, 5.74) is 1.16. The quantitative estimate of drug-likeness (QED) is 0.693. The van der Waals surface area contributed by atoms with Gasteiger partial charge in [-0.05, 0) is 22.3 Å². The summed E-state index contributed by atoms with van der Waals surface area (Å²) < 4.78 is 0. The van der Waals surface area contributed by atoms with E-state index in [4.69, 9.17) is 0 Å². The Morgan fingerprint density at radius 3 is 2.38 bits per heavy atom. The first-order valence-electron chi connectivity index (χ1n) is 8.30. The molecule has 0 aliphatic heterocycles. The van der Waals surface area contributed by atoms with Gasteiger partial charge in [0.25, 0.3) is 0 Å². The van der Waals surface area contributed by atoms with Gasteiger partial charge in [-0.25, -0.2) is 0 Å². The molecule has 1 fully saturated rings. The van der Waals surface area contributed by atoms with Crippen LogP contribution in [0.1, 0.15) is 50.5 Å². The van der Waals surface area contributed by atoms with Gasteiger partial charge in [-0.1, -0.05) is 81.0 Å². The SMILES string of the molecule is O=C(Cc1ccc2ccccc2c1)CC1CCCCCC1. The summed E-state index contributed by atoms with van der Waals surface area (Å²) in [6, 6.07) is 14.7. The maximum absolute atomic E-state index is 12.3. The van der Waals surface area contributed by atoms with E-state index in [1.807, 2.05) is 0 Å². The summed E-state index contributed by atoms with van der Waals surface area (Å²) in [7, 11) is 0. The average Bonchev–Trinajstić information content (AvgIpc) is 2.75. The van der Waals surface area contributed by atoms with E-state index in [-0.39, 0.29) is 0 Å². The van der Waals surface area contributed by atoms with Crippen molar-refractivity contribution in [1.82, 2.24) is 0 Å². The van der Waals surface area contributed by atoms with E-state index in [9.17, 15) is 4.79 Å². The van der Waals surface area contributed by atoms with Crippen LogP contribution in [0, 0.1) is 5.92 Å². The lowest BCUT2D eigenvalue weighted by atomic mass is 9.92. The van der Waals surface area contributed by atoms with E-state index >= 15 is 0 Å². The van der Waals surface area contributed by atoms with E-state index in [0.717, 1.165) is 12.0 Å². The molecule has 3 rings (SSSR count). The standard InChI is InChI=1S/C20H24O/c21-20(14-16-7-3-1-2-4-8-16)15-17-11-12-18-9-5-6-10-19(18)13-17/h5-6,9-13,16H,1-4,7-8,14-15H2. The molecule has 21 heavy (non-hydrogen) atoms. The number of Topliss-reactive ketones (excluding diaryl/α,β-unsaturated/α-hetero) is 1. The minimum Gasteiger partial charge on any atom is -0.299 e. The second kappa shape index (κ2) is 6.89. The molecule has 0 unspecified atom stereocenters. The van der Waals surface area contributed by atoms with Crippen molar-refractivity contribution >= 4 is 16.6 Å². The third-order valence-corrected chi connectivity index (χ3v) is 4.71. The van der Waals surface area contributed by atoms with Gasteiger partial charge in [-0.2, -0.15) is 0 Å². The van der Waals surface area contributed by atoms with Gasteiger partial charge >= 0.3 is 0 Å². The Morgan fingerprint density at radius 2 is 1.62 bits per heavy atom. The number of hydrogen-bond acceptors (Lipinski definition) is 1. The van der Waals surface area contributed by atoms with E-state index < -0.39 is 0 Å². The van der Waals surface area contributed by atoms with Gasteiger partial charge in [0.2, 0.25) is 0 Å². The van der Waals surface area contributed by atoms with Crippen molar-refractivity contribution in [3.05, 3.63) is 48.0 Å². The molecule has 0 spiro atoms. The van der Waals surface area contributed by atoms with Crippen molar-refractivity contribution in [3.63, 3.8) is 0 Å². The van der Waals surface area contributed by atoms with Crippen molar-refractivity contribution in [2.45, 2.75) is 51.4 Å². The summed E-state index contributed by atoms with van der Waals surface area (Å²) in [5, 5.41) is 2.48. The van der Waals surface area contributed by atoms with Crippen LogP contribution in [0.5, 0.6) is 0 Å². The van der Waals surface area contributed by atoms with Gasteiger partial charge in [0.1, 0.15) is 5.78 Å². The number of benzene rings is 2. The fourth-order valence-corrected chi connectivity index (χ4v) is 3.54. The maximum atomic E-state index is 12.3. The van der Waals surface area contributed by atoms with E-state index in [2.05, 4.69) is 42.5 Å². The van der Waals surface area contributed by atoms with Crippen LogP contribution in [0.25, 0.3) is 10.8 Å². The maximum Gasteiger partial charge on any atom is 0.137 e. The Balaban J connectivity index is 1.62. The lowest BCUT2D eigenvalue weighted by molar-refractivity contribution is -0.119. The molecule has 1 heteroatoms. The number of ketones is 1. The molecule has 1 nitrogen and oxygen atoms in total. The highest BCUT2D eigenvalue weighted by Crippen LogP contribution is 2.26. The molecule has 0 amide bonds. The van der Waals surface area contributed by atoms with Crippen molar-refractivity contribution in [1.29, 1.82) is 0 Å². The molecule has 1 saturated carbocycles. The zero-order valence-electron chi connectivity index (χ0n) is 12.7. The van der Waals surface area contributed by atoms with Crippen molar-refractivity contribution in [2.75, 3.05) is 0 Å². The topological polar surface area (TPSA) is 17.1 Å². The molecular weight excluding hydrogens is 256 g/mol. The number of rotatable bonds is 4. The normalized spacial score (nSPS) is 16.8. The predicted molar refractivity (Wildman–Crippen MR) is 88.5 cm³/mol. The monoisotopic (exact) mass is 280 g/mol. The molecule has 0 atom stereocenters. The molecule has 0 radical (unpaired) electrons. The highest BCUT2D eigenvalue weighted by molar-refractivity contribution is 5.86. The molecule has 2 aromatic carbocycles. The Bertz CT molecular complexity index is 606. The van der Waals surface area contributed by atoms with Crippen LogP contribution in [-0.2, 0) is 11.2 Å². The third-order valence-electron chi connectivity index (χ3n) is 4.71. The molecule has 2 aromatic rings. The number of carbonyl (C=O) groups excluding carboxylic acids is 1. The average molecular weight is 280 g/mol. The molecule has 0 heterocycles.